The van der Waals surface area contributed by atoms with Gasteiger partial charge in [0, 0.05) is 6.54 Å². The molecule has 0 fully saturated rings. The zero-order valence-corrected chi connectivity index (χ0v) is 15.3. The molecule has 1 amide bonds. The van der Waals surface area contributed by atoms with Crippen molar-refractivity contribution in [1.29, 1.82) is 0 Å². The molecule has 1 aliphatic heterocycles. The summed E-state index contributed by atoms with van der Waals surface area (Å²) >= 11 is 2.02. The van der Waals surface area contributed by atoms with Crippen molar-refractivity contribution in [3.05, 3.63) is 15.0 Å². The summed E-state index contributed by atoms with van der Waals surface area (Å²) in [7, 11) is 0. The molecule has 2 rings (SSSR count). The Labute approximate surface area is 143 Å². The van der Waals surface area contributed by atoms with Crippen molar-refractivity contribution in [3.8, 4) is 0 Å². The van der Waals surface area contributed by atoms with Crippen LogP contribution in [0.2, 0.25) is 0 Å². The van der Waals surface area contributed by atoms with E-state index in [4.69, 9.17) is 9.47 Å². The fourth-order valence-electron chi connectivity index (χ4n) is 2.17. The SMILES string of the molecule is CCOC(=O)c1c(I)nn2c1CN(C(=O)OC(C)(C)C)CC2. The molecule has 0 saturated carbocycles. The van der Waals surface area contributed by atoms with Crippen molar-refractivity contribution in [2.45, 2.75) is 46.4 Å². The zero-order chi connectivity index (χ0) is 16.5. The Balaban J connectivity index is 2.22. The van der Waals surface area contributed by atoms with Crippen LogP contribution in [0, 0.1) is 3.70 Å². The van der Waals surface area contributed by atoms with E-state index < -0.39 is 11.6 Å². The Bertz CT molecular complexity index is 592. The van der Waals surface area contributed by atoms with E-state index >= 15 is 0 Å². The first-order valence-corrected chi connectivity index (χ1v) is 8.21. The molecule has 2 heterocycles. The molecular weight excluding hydrogens is 401 g/mol. The average Bonchev–Trinajstić information content (AvgIpc) is 2.71. The number of amides is 1. The quantitative estimate of drug-likeness (QED) is 0.542. The van der Waals surface area contributed by atoms with Gasteiger partial charge in [0.15, 0.2) is 0 Å². The molecule has 1 aliphatic rings. The molecule has 0 radical (unpaired) electrons. The molecule has 0 bridgehead atoms. The van der Waals surface area contributed by atoms with E-state index in [1.807, 2.05) is 43.4 Å². The van der Waals surface area contributed by atoms with Gasteiger partial charge in [0.25, 0.3) is 0 Å². The molecule has 22 heavy (non-hydrogen) atoms. The monoisotopic (exact) mass is 421 g/mol. The topological polar surface area (TPSA) is 73.7 Å². The largest absolute Gasteiger partial charge is 0.462 e. The minimum Gasteiger partial charge on any atom is -0.462 e. The normalized spacial score (nSPS) is 14.5. The number of carbonyl (C=O) groups is 2. The van der Waals surface area contributed by atoms with Crippen molar-refractivity contribution >= 4 is 34.7 Å². The third-order valence-electron chi connectivity index (χ3n) is 3.07. The molecule has 122 valence electrons. The van der Waals surface area contributed by atoms with Crippen LogP contribution in [0.15, 0.2) is 0 Å². The fraction of sp³-hybridized carbons (Fsp3) is 0.643. The Morgan fingerprint density at radius 1 is 1.32 bits per heavy atom. The second-order valence-corrected chi connectivity index (χ2v) is 6.98. The van der Waals surface area contributed by atoms with Crippen molar-refractivity contribution in [2.24, 2.45) is 0 Å². The van der Waals surface area contributed by atoms with E-state index in [1.165, 1.54) is 0 Å². The maximum atomic E-state index is 12.2. The van der Waals surface area contributed by atoms with E-state index in [0.29, 0.717) is 41.2 Å². The number of carbonyl (C=O) groups excluding carboxylic acids is 2. The van der Waals surface area contributed by atoms with Crippen LogP contribution in [0.4, 0.5) is 4.79 Å². The lowest BCUT2D eigenvalue weighted by molar-refractivity contribution is 0.0190. The number of esters is 1. The average molecular weight is 421 g/mol. The molecule has 0 saturated heterocycles. The van der Waals surface area contributed by atoms with Gasteiger partial charge in [0.2, 0.25) is 0 Å². The Hall–Kier alpha value is -1.32. The van der Waals surface area contributed by atoms with Gasteiger partial charge >= 0.3 is 12.1 Å². The Morgan fingerprint density at radius 3 is 2.59 bits per heavy atom. The first-order valence-electron chi connectivity index (χ1n) is 7.13. The fourth-order valence-corrected chi connectivity index (χ4v) is 2.96. The highest BCUT2D eigenvalue weighted by Gasteiger charge is 2.31. The molecule has 0 N–H and O–H groups in total. The van der Waals surface area contributed by atoms with Gasteiger partial charge in [-0.3, -0.25) is 4.68 Å². The first kappa shape index (κ1) is 17.0. The lowest BCUT2D eigenvalue weighted by Crippen LogP contribution is -2.42. The van der Waals surface area contributed by atoms with Crippen LogP contribution in [0.25, 0.3) is 0 Å². The molecular formula is C14H20IN3O4. The number of hydrogen-bond acceptors (Lipinski definition) is 5. The number of hydrogen-bond donors (Lipinski definition) is 0. The molecule has 7 nitrogen and oxygen atoms in total. The zero-order valence-electron chi connectivity index (χ0n) is 13.2. The number of ether oxygens (including phenoxy) is 2. The van der Waals surface area contributed by atoms with E-state index in [0.717, 1.165) is 0 Å². The molecule has 1 aromatic rings. The van der Waals surface area contributed by atoms with Crippen molar-refractivity contribution in [2.75, 3.05) is 13.2 Å². The van der Waals surface area contributed by atoms with Gasteiger partial charge < -0.3 is 14.4 Å². The number of nitrogens with zero attached hydrogens (tertiary/aromatic N) is 3. The third-order valence-corrected chi connectivity index (χ3v) is 3.82. The molecule has 0 aromatic carbocycles. The molecule has 8 heteroatoms. The summed E-state index contributed by atoms with van der Waals surface area (Å²) in [6.45, 7) is 8.86. The second-order valence-electron chi connectivity index (χ2n) is 5.96. The lowest BCUT2D eigenvalue weighted by atomic mass is 10.2. The van der Waals surface area contributed by atoms with Crippen LogP contribution in [0.3, 0.4) is 0 Å². The minimum atomic E-state index is -0.548. The van der Waals surface area contributed by atoms with Gasteiger partial charge in [-0.1, -0.05) is 0 Å². The van der Waals surface area contributed by atoms with Crippen LogP contribution in [0.5, 0.6) is 0 Å². The minimum absolute atomic E-state index is 0.291. The molecule has 0 unspecified atom stereocenters. The van der Waals surface area contributed by atoms with E-state index in [9.17, 15) is 9.59 Å². The van der Waals surface area contributed by atoms with Crippen LogP contribution in [0.1, 0.15) is 43.7 Å². The number of halogens is 1. The van der Waals surface area contributed by atoms with Gasteiger partial charge in [0.1, 0.15) is 14.9 Å². The summed E-state index contributed by atoms with van der Waals surface area (Å²) in [4.78, 5) is 25.9. The molecule has 0 aliphatic carbocycles. The first-order chi connectivity index (χ1) is 10.2. The predicted octanol–water partition coefficient (Wildman–Crippen LogP) is 2.42. The van der Waals surface area contributed by atoms with Gasteiger partial charge in [-0.05, 0) is 50.3 Å². The summed E-state index contributed by atoms with van der Waals surface area (Å²) < 4.78 is 12.8. The van der Waals surface area contributed by atoms with E-state index in [-0.39, 0.29) is 6.09 Å². The van der Waals surface area contributed by atoms with Crippen molar-refractivity contribution in [1.82, 2.24) is 14.7 Å². The van der Waals surface area contributed by atoms with Crippen molar-refractivity contribution in [3.63, 3.8) is 0 Å². The van der Waals surface area contributed by atoms with Crippen molar-refractivity contribution < 1.29 is 19.1 Å². The maximum Gasteiger partial charge on any atom is 0.410 e. The number of aromatic nitrogens is 2. The summed E-state index contributed by atoms with van der Waals surface area (Å²) in [6, 6.07) is 0. The lowest BCUT2D eigenvalue weighted by Gasteiger charge is -2.30. The molecule has 0 spiro atoms. The number of rotatable bonds is 2. The van der Waals surface area contributed by atoms with Gasteiger partial charge in [0.05, 0.1) is 25.4 Å². The second kappa shape index (κ2) is 6.43. The van der Waals surface area contributed by atoms with Crippen LogP contribution in [-0.2, 0) is 22.6 Å². The number of fused-ring (bicyclic) bond motifs is 1. The highest BCUT2D eigenvalue weighted by atomic mass is 127. The maximum absolute atomic E-state index is 12.2. The Kier molecular flexibility index (Phi) is 4.98. The summed E-state index contributed by atoms with van der Waals surface area (Å²) in [5, 5.41) is 4.35. The molecule has 1 aromatic heterocycles. The van der Waals surface area contributed by atoms with Gasteiger partial charge in [-0.2, -0.15) is 5.10 Å². The Morgan fingerprint density at radius 2 is 2.00 bits per heavy atom. The molecule has 0 atom stereocenters. The summed E-state index contributed by atoms with van der Waals surface area (Å²) in [5.41, 5.74) is 0.586. The van der Waals surface area contributed by atoms with Crippen LogP contribution < -0.4 is 0 Å². The highest BCUT2D eigenvalue weighted by molar-refractivity contribution is 14.1. The standard InChI is InChI=1S/C14H20IN3O4/c1-5-21-12(19)10-9-8-17(13(20)22-14(2,3)4)6-7-18(9)16-11(10)15/h5-8H2,1-4H3. The summed E-state index contributed by atoms with van der Waals surface area (Å²) in [6.07, 6.45) is -0.384. The van der Waals surface area contributed by atoms with E-state index in [2.05, 4.69) is 5.10 Å². The van der Waals surface area contributed by atoms with Crippen LogP contribution >= 0.6 is 22.6 Å². The van der Waals surface area contributed by atoms with E-state index in [1.54, 1.807) is 16.5 Å². The van der Waals surface area contributed by atoms with Gasteiger partial charge in [-0.15, -0.1) is 0 Å². The summed E-state index contributed by atoms with van der Waals surface area (Å²) in [5.74, 6) is -0.404. The highest BCUT2D eigenvalue weighted by Crippen LogP contribution is 2.23. The third kappa shape index (κ3) is 3.71. The smallest absolute Gasteiger partial charge is 0.410 e. The van der Waals surface area contributed by atoms with Gasteiger partial charge in [-0.25, -0.2) is 9.59 Å². The predicted molar refractivity (Wildman–Crippen MR) is 87.5 cm³/mol. The van der Waals surface area contributed by atoms with Crippen LogP contribution in [-0.4, -0.2) is 45.5 Å².